The summed E-state index contributed by atoms with van der Waals surface area (Å²) < 4.78 is 50.8. The molecule has 2 aromatic carbocycles. The van der Waals surface area contributed by atoms with Crippen LogP contribution in [0.5, 0.6) is 0 Å². The van der Waals surface area contributed by atoms with Crippen LogP contribution >= 0.6 is 11.3 Å². The maximum absolute atomic E-state index is 15.2. The number of carbonyl (C=O) groups is 3. The van der Waals surface area contributed by atoms with Crippen molar-refractivity contribution in [3.05, 3.63) is 86.5 Å². The van der Waals surface area contributed by atoms with Crippen LogP contribution in [0.2, 0.25) is 6.04 Å². The van der Waals surface area contributed by atoms with Gasteiger partial charge in [0.1, 0.15) is 22.7 Å². The smallest absolute Gasteiger partial charge is 0.408 e. The zero-order valence-corrected chi connectivity index (χ0v) is 46.7. The molecule has 2 saturated heterocycles. The Hall–Kier alpha value is -5.82. The third kappa shape index (κ3) is 11.2. The molecule has 5 aromatic rings. The van der Waals surface area contributed by atoms with Crippen molar-refractivity contribution < 1.29 is 41.9 Å². The van der Waals surface area contributed by atoms with E-state index in [-0.39, 0.29) is 24.3 Å². The normalized spacial score (nSPS) is 20.7. The van der Waals surface area contributed by atoms with Crippen molar-refractivity contribution in [1.29, 1.82) is 0 Å². The number of fused-ring (bicyclic) bond motifs is 6. The number of hydrogen-bond donors (Lipinski definition) is 2. The number of pyridine rings is 1. The standard InChI is InChI=1S/C52H67N10O10S2Si/c1-10-60-40-19-16-33-26-36(40)38(45(60)37-27-35(29-53-43(37)32(2)70-9)59-23-21-58(22-24-59)34-17-18-34)28-52(6,7)31-71-50(65)75-25-13-20-61(56-75)48(63)44(55-49(64)72-51(3,4)5)46(47-54-39(33)30-73-47)57(8)74(68,69)42-15-12-11-14-41(42)62(66)67/h11-12,14-16,19,26-27,29-30,32,34,44,46,56H,10,13,17-18,20-25,28,31H2,1-9H3,(H,55,64)/t32-,44-,46-/m0/s1. The van der Waals surface area contributed by atoms with Crippen molar-refractivity contribution in [2.75, 3.05) is 58.4 Å². The lowest BCUT2D eigenvalue weighted by Gasteiger charge is -2.38. The molecule has 3 fully saturated rings. The molecule has 0 unspecified atom stereocenters. The van der Waals surface area contributed by atoms with Crippen molar-refractivity contribution >= 4 is 70.2 Å². The molecule has 3 aromatic heterocycles. The highest BCUT2D eigenvalue weighted by Gasteiger charge is 2.47. The second-order valence-electron chi connectivity index (χ2n) is 21.5. The number of thiazole rings is 1. The predicted molar refractivity (Wildman–Crippen MR) is 287 cm³/mol. The van der Waals surface area contributed by atoms with E-state index in [1.807, 2.05) is 25.3 Å². The number of aryl methyl sites for hydroxylation is 1. The van der Waals surface area contributed by atoms with Gasteiger partial charge in [0.2, 0.25) is 10.0 Å². The van der Waals surface area contributed by atoms with Gasteiger partial charge in [0.05, 0.1) is 46.6 Å². The van der Waals surface area contributed by atoms with Crippen LogP contribution in [0.1, 0.15) is 96.1 Å². The van der Waals surface area contributed by atoms with E-state index in [9.17, 15) is 28.1 Å². The second kappa shape index (κ2) is 21.3. The number of sulfonamides is 1. The summed E-state index contributed by atoms with van der Waals surface area (Å²) in [6, 6.07) is 11.0. The van der Waals surface area contributed by atoms with Gasteiger partial charge in [-0.3, -0.25) is 34.6 Å². The van der Waals surface area contributed by atoms with Crippen molar-refractivity contribution in [1.82, 2.24) is 39.2 Å². The number of ether oxygens (including phenoxy) is 3. The van der Waals surface area contributed by atoms with E-state index in [4.69, 9.17) is 24.2 Å². The number of hydrogen-bond acceptors (Lipinski definition) is 16. The molecule has 1 radical (unpaired) electrons. The number of amides is 2. The first kappa shape index (κ1) is 54.0. The fraction of sp³-hybridized carbons (Fsp3) is 0.519. The number of rotatable bonds is 11. The van der Waals surface area contributed by atoms with Gasteiger partial charge in [0.25, 0.3) is 26.1 Å². The summed E-state index contributed by atoms with van der Waals surface area (Å²) in [6.45, 7) is 17.7. The van der Waals surface area contributed by atoms with Crippen molar-refractivity contribution in [3.63, 3.8) is 0 Å². The van der Waals surface area contributed by atoms with Crippen LogP contribution in [0.25, 0.3) is 33.4 Å². The van der Waals surface area contributed by atoms with Crippen LogP contribution in [-0.2, 0) is 42.0 Å². The summed E-state index contributed by atoms with van der Waals surface area (Å²) in [5, 5.41) is 22.1. The fourth-order valence-electron chi connectivity index (χ4n) is 10.4. The van der Waals surface area contributed by atoms with Gasteiger partial charge in [-0.15, -0.1) is 11.3 Å². The molecule has 6 bridgehead atoms. The zero-order valence-electron chi connectivity index (χ0n) is 44.0. The third-order valence-corrected chi connectivity index (χ3v) is 19.2. The minimum absolute atomic E-state index is 0.0487. The Morgan fingerprint density at radius 1 is 1.11 bits per heavy atom. The van der Waals surface area contributed by atoms with Crippen molar-refractivity contribution in [2.24, 2.45) is 5.41 Å². The summed E-state index contributed by atoms with van der Waals surface area (Å²) >= 11 is 1.07. The number of nitro benzene ring substituents is 1. The van der Waals surface area contributed by atoms with Gasteiger partial charge >= 0.3 is 6.09 Å². The summed E-state index contributed by atoms with van der Waals surface area (Å²) in [7, 11) is -4.27. The maximum atomic E-state index is 15.2. The molecule has 2 N–H and O–H groups in total. The predicted octanol–water partition coefficient (Wildman–Crippen LogP) is 8.03. The molecule has 3 atom stereocenters. The molecule has 3 aliphatic heterocycles. The first-order chi connectivity index (χ1) is 35.6. The highest BCUT2D eigenvalue weighted by Crippen LogP contribution is 2.44. The van der Waals surface area contributed by atoms with E-state index in [1.54, 1.807) is 33.3 Å². The Morgan fingerprint density at radius 2 is 1.84 bits per heavy atom. The Labute approximate surface area is 443 Å². The number of aromatic nitrogens is 3. The summed E-state index contributed by atoms with van der Waals surface area (Å²) in [5.41, 5.74) is 3.97. The van der Waals surface area contributed by atoms with Crippen molar-refractivity contribution in [3.8, 4) is 22.5 Å². The first-order valence-electron chi connectivity index (χ1n) is 25.5. The Balaban J connectivity index is 1.24. The van der Waals surface area contributed by atoms with Crippen LogP contribution in [0.15, 0.2) is 65.0 Å². The molecule has 75 heavy (non-hydrogen) atoms. The highest BCUT2D eigenvalue weighted by atomic mass is 32.2. The van der Waals surface area contributed by atoms with E-state index in [1.165, 1.54) is 37.0 Å². The molecule has 1 aliphatic carbocycles. The van der Waals surface area contributed by atoms with Gasteiger partial charge in [0, 0.05) is 98.4 Å². The monoisotopic (exact) mass is 1080 g/mol. The number of likely N-dealkylation sites (N-methyl/N-ethyl adjacent to an activating group) is 1. The number of methoxy groups -OCH3 is 1. The first-order valence-corrected chi connectivity index (χ1v) is 29.6. The quantitative estimate of drug-likeness (QED) is 0.0726. The second-order valence-corrected chi connectivity index (χ2v) is 26.5. The summed E-state index contributed by atoms with van der Waals surface area (Å²) in [6.07, 6.45) is 3.97. The number of carbonyl (C=O) groups excluding carboxylic acids is 3. The maximum Gasteiger partial charge on any atom is 0.408 e. The number of piperazine rings is 1. The third-order valence-electron chi connectivity index (χ3n) is 14.4. The summed E-state index contributed by atoms with van der Waals surface area (Å²) in [4.78, 5) is 69.5. The lowest BCUT2D eigenvalue weighted by Crippen LogP contribution is -2.64. The van der Waals surface area contributed by atoms with Gasteiger partial charge < -0.3 is 29.0 Å². The molecule has 401 valence electrons. The van der Waals surface area contributed by atoms with Crippen LogP contribution in [0, 0.1) is 15.5 Å². The highest BCUT2D eigenvalue weighted by molar-refractivity contribution is 7.89. The average molecular weight is 1080 g/mol. The number of hydrazine groups is 1. The van der Waals surface area contributed by atoms with E-state index < -0.39 is 75.2 Å². The van der Waals surface area contributed by atoms with Crippen LogP contribution in [-0.4, -0.2) is 140 Å². The summed E-state index contributed by atoms with van der Waals surface area (Å²) in [5.74, 6) is -0.788. The molecule has 1 saturated carbocycles. The van der Waals surface area contributed by atoms with E-state index in [0.29, 0.717) is 42.7 Å². The number of nitrogens with one attached hydrogen (secondary N) is 2. The average Bonchev–Trinajstić information content (AvgIpc) is 4.08. The zero-order chi connectivity index (χ0) is 53.7. The largest absolute Gasteiger partial charge is 0.468 e. The number of nitro groups is 1. The lowest BCUT2D eigenvalue weighted by molar-refractivity contribution is -0.387. The topological polar surface area (TPSA) is 224 Å². The van der Waals surface area contributed by atoms with E-state index >= 15 is 4.79 Å². The van der Waals surface area contributed by atoms with Gasteiger partial charge in [-0.05, 0) is 96.2 Å². The minimum Gasteiger partial charge on any atom is -0.468 e. The van der Waals surface area contributed by atoms with Gasteiger partial charge in [-0.2, -0.15) is 4.31 Å². The lowest BCUT2D eigenvalue weighted by atomic mass is 9.84. The Kier molecular flexibility index (Phi) is 15.3. The molecular formula is C52H67N10O10S2Si. The minimum atomic E-state index is -4.84. The molecule has 9 rings (SSSR count). The van der Waals surface area contributed by atoms with Gasteiger partial charge in [0.15, 0.2) is 4.90 Å². The molecule has 2 amide bonds. The molecule has 23 heteroatoms. The number of nitrogens with zero attached hydrogens (tertiary/aromatic N) is 8. The number of cyclic esters (lactones) is 1. The number of alkyl carbamates (subject to hydrolysis) is 1. The van der Waals surface area contributed by atoms with Crippen LogP contribution in [0.4, 0.5) is 21.0 Å². The molecule has 20 nitrogen and oxygen atoms in total. The van der Waals surface area contributed by atoms with Gasteiger partial charge in [-0.1, -0.05) is 32.0 Å². The molecule has 0 spiro atoms. The molecule has 4 aliphatic rings. The number of anilines is 1. The molecule has 6 heterocycles. The van der Waals surface area contributed by atoms with Crippen LogP contribution in [0.3, 0.4) is 0 Å². The number of benzene rings is 2. The van der Waals surface area contributed by atoms with E-state index in [2.05, 4.69) is 57.7 Å². The SMILES string of the molecule is CCn1c(-c2cc(N3CCN(C4CC4)CC3)cnc2[C@H](C)OC)c2c3cc(ccc31)-c1csc(n1)[C@@H](N(C)S(=O)(=O)c1ccccc1[N+](=O)[O-])[C@H](NC(=O)OC(C)(C)C)C(=O)N1CCC[Si](N1)C(=O)OCC(C)(C)C2. The van der Waals surface area contributed by atoms with Crippen LogP contribution < -0.4 is 15.3 Å². The van der Waals surface area contributed by atoms with Gasteiger partial charge in [-0.25, -0.2) is 23.3 Å². The number of para-hydroxylation sites is 1. The van der Waals surface area contributed by atoms with Crippen molar-refractivity contribution in [2.45, 2.75) is 121 Å². The molecular weight excluding hydrogens is 1020 g/mol. The Bertz CT molecular complexity index is 3110. The fourth-order valence-corrected chi connectivity index (χ4v) is 14.7. The Morgan fingerprint density at radius 3 is 2.52 bits per heavy atom. The van der Waals surface area contributed by atoms with E-state index in [0.717, 1.165) is 93.1 Å².